The first-order valence-electron chi connectivity index (χ1n) is 6.62. The molecule has 1 aliphatic heterocycles. The van der Waals surface area contributed by atoms with Crippen LogP contribution >= 0.6 is 0 Å². The van der Waals surface area contributed by atoms with Crippen LogP contribution in [-0.4, -0.2) is 41.0 Å². The molecule has 5 heteroatoms. The van der Waals surface area contributed by atoms with Gasteiger partial charge < -0.3 is 10.2 Å². The van der Waals surface area contributed by atoms with Crippen LogP contribution < -0.4 is 5.32 Å². The lowest BCUT2D eigenvalue weighted by molar-refractivity contribution is -0.163. The summed E-state index contributed by atoms with van der Waals surface area (Å²) in [5, 5.41) is 2.86. The van der Waals surface area contributed by atoms with E-state index in [1.807, 2.05) is 20.8 Å². The summed E-state index contributed by atoms with van der Waals surface area (Å²) in [6, 6.07) is 0. The van der Waals surface area contributed by atoms with Gasteiger partial charge in [-0.25, -0.2) is 4.39 Å². The minimum Gasteiger partial charge on any atom is -0.340 e. The predicted molar refractivity (Wildman–Crippen MR) is 67.8 cm³/mol. The number of rotatable bonds is 5. The second-order valence-corrected chi connectivity index (χ2v) is 5.02. The van der Waals surface area contributed by atoms with Crippen molar-refractivity contribution >= 4 is 11.8 Å². The molecule has 0 aromatic carbocycles. The minimum absolute atomic E-state index is 0.0155. The first-order chi connectivity index (χ1) is 8.41. The largest absolute Gasteiger partial charge is 0.340 e. The Kier molecular flexibility index (Phi) is 4.35. The van der Waals surface area contributed by atoms with Crippen molar-refractivity contribution < 1.29 is 14.0 Å². The topological polar surface area (TPSA) is 49.4 Å². The van der Waals surface area contributed by atoms with E-state index in [0.717, 1.165) is 0 Å². The number of alkyl halides is 1. The summed E-state index contributed by atoms with van der Waals surface area (Å²) >= 11 is 0. The number of halogens is 1. The second kappa shape index (κ2) is 5.24. The van der Waals surface area contributed by atoms with E-state index in [1.54, 1.807) is 6.92 Å². The molecule has 1 N–H and O–H groups in total. The number of hydrogen-bond acceptors (Lipinski definition) is 2. The average Bonchev–Trinajstić information content (AvgIpc) is 2.39. The number of carbonyl (C=O) groups is 2. The maximum absolute atomic E-state index is 12.7. The van der Waals surface area contributed by atoms with Crippen molar-refractivity contribution in [1.82, 2.24) is 10.2 Å². The summed E-state index contributed by atoms with van der Waals surface area (Å²) in [6.45, 7) is 6.62. The Hall–Kier alpha value is -1.13. The summed E-state index contributed by atoms with van der Waals surface area (Å²) in [7, 11) is 0. The van der Waals surface area contributed by atoms with E-state index in [1.165, 1.54) is 4.90 Å². The highest BCUT2D eigenvalue weighted by molar-refractivity contribution is 6.02. The molecular formula is C13H23FN2O2. The van der Waals surface area contributed by atoms with Gasteiger partial charge in [-0.2, -0.15) is 0 Å². The lowest BCUT2D eigenvalue weighted by Crippen LogP contribution is -2.74. The first kappa shape index (κ1) is 14.9. The van der Waals surface area contributed by atoms with E-state index < -0.39 is 17.8 Å². The zero-order valence-corrected chi connectivity index (χ0v) is 11.7. The zero-order valence-electron chi connectivity index (χ0n) is 11.7. The van der Waals surface area contributed by atoms with Crippen molar-refractivity contribution in [3.63, 3.8) is 0 Å². The van der Waals surface area contributed by atoms with Gasteiger partial charge in [0.25, 0.3) is 0 Å². The third-order valence-electron chi connectivity index (χ3n) is 4.30. The van der Waals surface area contributed by atoms with Gasteiger partial charge in [-0.15, -0.1) is 0 Å². The summed E-state index contributed by atoms with van der Waals surface area (Å²) in [5.74, 6) is -0.337. The SMILES string of the molecule is CCC1(CC)NC(=O)C(C)(CC)N(CCF)C1=O. The van der Waals surface area contributed by atoms with Crippen LogP contribution in [0.2, 0.25) is 0 Å². The lowest BCUT2D eigenvalue weighted by atomic mass is 9.81. The molecule has 1 saturated heterocycles. The molecule has 104 valence electrons. The van der Waals surface area contributed by atoms with Crippen LogP contribution in [0.25, 0.3) is 0 Å². The lowest BCUT2D eigenvalue weighted by Gasteiger charge is -2.50. The molecule has 0 aromatic heterocycles. The van der Waals surface area contributed by atoms with Crippen molar-refractivity contribution in [3.8, 4) is 0 Å². The third kappa shape index (κ3) is 1.99. The fourth-order valence-electron chi connectivity index (χ4n) is 2.52. The van der Waals surface area contributed by atoms with E-state index in [4.69, 9.17) is 0 Å². The number of nitrogens with zero attached hydrogens (tertiary/aromatic N) is 1. The van der Waals surface area contributed by atoms with Crippen LogP contribution in [0.1, 0.15) is 47.0 Å². The molecule has 0 bridgehead atoms. The average molecular weight is 258 g/mol. The molecule has 0 spiro atoms. The number of carbonyl (C=O) groups excluding carboxylic acids is 2. The Morgan fingerprint density at radius 2 is 1.72 bits per heavy atom. The molecule has 4 nitrogen and oxygen atoms in total. The molecule has 1 heterocycles. The van der Waals surface area contributed by atoms with E-state index in [2.05, 4.69) is 5.32 Å². The number of hydrogen-bond donors (Lipinski definition) is 1. The number of piperazine rings is 1. The minimum atomic E-state index is -0.934. The summed E-state index contributed by atoms with van der Waals surface area (Å²) < 4.78 is 12.7. The predicted octanol–water partition coefficient (Wildman–Crippen LogP) is 1.64. The highest BCUT2D eigenvalue weighted by atomic mass is 19.1. The van der Waals surface area contributed by atoms with Crippen molar-refractivity contribution in [3.05, 3.63) is 0 Å². The molecule has 1 fully saturated rings. The molecule has 1 aliphatic rings. The van der Waals surface area contributed by atoms with Gasteiger partial charge in [0.1, 0.15) is 17.8 Å². The Bertz CT molecular complexity index is 339. The van der Waals surface area contributed by atoms with Gasteiger partial charge >= 0.3 is 0 Å². The number of nitrogens with one attached hydrogen (secondary N) is 1. The van der Waals surface area contributed by atoms with E-state index >= 15 is 0 Å². The monoisotopic (exact) mass is 258 g/mol. The van der Waals surface area contributed by atoms with Gasteiger partial charge in [0.15, 0.2) is 0 Å². The molecule has 2 amide bonds. The molecule has 1 rings (SSSR count). The highest BCUT2D eigenvalue weighted by Gasteiger charge is 2.53. The van der Waals surface area contributed by atoms with Gasteiger partial charge in [-0.05, 0) is 26.2 Å². The Balaban J connectivity index is 3.20. The maximum Gasteiger partial charge on any atom is 0.249 e. The zero-order chi connectivity index (χ0) is 14.0. The van der Waals surface area contributed by atoms with Crippen LogP contribution in [0.15, 0.2) is 0 Å². The molecule has 1 atom stereocenters. The fraction of sp³-hybridized carbons (Fsp3) is 0.846. The second-order valence-electron chi connectivity index (χ2n) is 5.02. The van der Waals surface area contributed by atoms with Crippen molar-refractivity contribution in [2.24, 2.45) is 0 Å². The maximum atomic E-state index is 12.7. The fourth-order valence-corrected chi connectivity index (χ4v) is 2.52. The molecular weight excluding hydrogens is 235 g/mol. The van der Waals surface area contributed by atoms with Gasteiger partial charge in [0, 0.05) is 0 Å². The van der Waals surface area contributed by atoms with Crippen LogP contribution in [0, 0.1) is 0 Å². The van der Waals surface area contributed by atoms with Crippen molar-refractivity contribution in [2.75, 3.05) is 13.2 Å². The van der Waals surface area contributed by atoms with Crippen molar-refractivity contribution in [1.29, 1.82) is 0 Å². The molecule has 1 unspecified atom stereocenters. The van der Waals surface area contributed by atoms with Crippen LogP contribution in [0.3, 0.4) is 0 Å². The van der Waals surface area contributed by atoms with Gasteiger partial charge in [0.2, 0.25) is 11.8 Å². The Labute approximate surface area is 108 Å². The van der Waals surface area contributed by atoms with Crippen LogP contribution in [-0.2, 0) is 9.59 Å². The van der Waals surface area contributed by atoms with Gasteiger partial charge in [0.05, 0.1) is 6.54 Å². The smallest absolute Gasteiger partial charge is 0.249 e. The molecule has 0 aliphatic carbocycles. The summed E-state index contributed by atoms with van der Waals surface area (Å²) in [4.78, 5) is 26.3. The van der Waals surface area contributed by atoms with Crippen LogP contribution in [0.4, 0.5) is 4.39 Å². The van der Waals surface area contributed by atoms with Gasteiger partial charge in [-0.1, -0.05) is 20.8 Å². The molecule has 0 saturated carbocycles. The van der Waals surface area contributed by atoms with E-state index in [0.29, 0.717) is 19.3 Å². The standard InChI is InChI=1S/C13H23FN2O2/c1-5-12(4)10(17)15-13(6-2,7-3)11(18)16(12)9-8-14/h5-9H2,1-4H3,(H,15,17). The Morgan fingerprint density at radius 1 is 1.17 bits per heavy atom. The summed E-state index contributed by atoms with van der Waals surface area (Å²) in [6.07, 6.45) is 1.53. The van der Waals surface area contributed by atoms with E-state index in [9.17, 15) is 14.0 Å². The van der Waals surface area contributed by atoms with Crippen molar-refractivity contribution in [2.45, 2.75) is 58.0 Å². The first-order valence-corrected chi connectivity index (χ1v) is 6.62. The normalized spacial score (nSPS) is 27.3. The molecule has 0 aromatic rings. The third-order valence-corrected chi connectivity index (χ3v) is 4.30. The summed E-state index contributed by atoms with van der Waals surface area (Å²) in [5.41, 5.74) is -1.79. The Morgan fingerprint density at radius 3 is 2.11 bits per heavy atom. The quantitative estimate of drug-likeness (QED) is 0.815. The van der Waals surface area contributed by atoms with E-state index in [-0.39, 0.29) is 18.4 Å². The highest BCUT2D eigenvalue weighted by Crippen LogP contribution is 2.32. The number of amides is 2. The molecule has 18 heavy (non-hydrogen) atoms. The van der Waals surface area contributed by atoms with Gasteiger partial charge in [-0.3, -0.25) is 9.59 Å². The van der Waals surface area contributed by atoms with Crippen LogP contribution in [0.5, 0.6) is 0 Å². The molecule has 0 radical (unpaired) electrons.